The molecule has 0 spiro atoms. The number of hydrogen-bond donors (Lipinski definition) is 1. The van der Waals surface area contributed by atoms with E-state index >= 15 is 0 Å². The second kappa shape index (κ2) is 6.65. The van der Waals surface area contributed by atoms with E-state index in [1.54, 1.807) is 24.3 Å². The minimum atomic E-state index is -0.585. The van der Waals surface area contributed by atoms with Crippen molar-refractivity contribution < 1.29 is 23.9 Å². The van der Waals surface area contributed by atoms with Crippen LogP contribution in [0.5, 0.6) is 0 Å². The first-order valence-electron chi connectivity index (χ1n) is 6.30. The fourth-order valence-corrected chi connectivity index (χ4v) is 1.76. The van der Waals surface area contributed by atoms with Gasteiger partial charge in [0.2, 0.25) is 5.91 Å². The molecule has 1 aliphatic rings. The number of ether oxygens (including phenoxy) is 2. The van der Waals surface area contributed by atoms with Crippen molar-refractivity contribution in [3.63, 3.8) is 0 Å². The van der Waals surface area contributed by atoms with E-state index in [0.717, 1.165) is 0 Å². The Bertz CT molecular complexity index is 609. The van der Waals surface area contributed by atoms with E-state index < -0.39 is 11.9 Å². The van der Waals surface area contributed by atoms with Gasteiger partial charge in [-0.15, -0.1) is 0 Å². The maximum atomic E-state index is 11.8. The van der Waals surface area contributed by atoms with Crippen LogP contribution in [0.25, 0.3) is 0 Å². The van der Waals surface area contributed by atoms with Crippen LogP contribution in [0, 0.1) is 0 Å². The molecule has 0 bridgehead atoms. The Morgan fingerprint density at radius 1 is 1.29 bits per heavy atom. The van der Waals surface area contributed by atoms with Crippen molar-refractivity contribution in [1.29, 1.82) is 0 Å². The number of benzene rings is 1. The van der Waals surface area contributed by atoms with Gasteiger partial charge >= 0.3 is 11.9 Å². The molecule has 0 aliphatic carbocycles. The number of nitrogens with one attached hydrogen (secondary N) is 1. The molecule has 0 atom stereocenters. The van der Waals surface area contributed by atoms with Crippen molar-refractivity contribution in [1.82, 2.24) is 5.43 Å². The van der Waals surface area contributed by atoms with Crippen LogP contribution in [-0.2, 0) is 25.7 Å². The molecular weight excluding hydrogens is 276 g/mol. The molecule has 110 valence electrons. The molecule has 2 rings (SSSR count). The van der Waals surface area contributed by atoms with Crippen molar-refractivity contribution in [2.24, 2.45) is 5.10 Å². The number of hydrogen-bond acceptors (Lipinski definition) is 6. The molecule has 7 heteroatoms. The number of amides is 1. The zero-order chi connectivity index (χ0) is 15.2. The highest BCUT2D eigenvalue weighted by Gasteiger charge is 2.19. The number of rotatable bonds is 4. The Kier molecular flexibility index (Phi) is 4.65. The molecule has 0 radical (unpaired) electrons. The number of hydrazone groups is 1. The Morgan fingerprint density at radius 3 is 2.76 bits per heavy atom. The van der Waals surface area contributed by atoms with Gasteiger partial charge in [-0.2, -0.15) is 5.10 Å². The highest BCUT2D eigenvalue weighted by molar-refractivity contribution is 6.37. The standard InChI is InChI=1S/C14H14N2O5/c1-20-13(18)10-4-2-3-9(7-10)8-21-14(19)11-5-6-12(17)16-15-11/h2-4,7H,5-6,8H2,1H3,(H,16,17). The molecule has 0 saturated heterocycles. The van der Waals surface area contributed by atoms with Crippen LogP contribution < -0.4 is 5.43 Å². The number of esters is 2. The topological polar surface area (TPSA) is 94.1 Å². The van der Waals surface area contributed by atoms with Crippen LogP contribution in [-0.4, -0.2) is 30.7 Å². The second-order valence-electron chi connectivity index (χ2n) is 4.36. The van der Waals surface area contributed by atoms with Gasteiger partial charge in [0.05, 0.1) is 12.7 Å². The molecular formula is C14H14N2O5. The number of carbonyl (C=O) groups is 3. The lowest BCUT2D eigenvalue weighted by Gasteiger charge is -2.11. The Balaban J connectivity index is 1.95. The fourth-order valence-electron chi connectivity index (χ4n) is 1.76. The molecule has 1 heterocycles. The zero-order valence-electron chi connectivity index (χ0n) is 11.4. The van der Waals surface area contributed by atoms with Crippen LogP contribution in [0.2, 0.25) is 0 Å². The number of methoxy groups -OCH3 is 1. The van der Waals surface area contributed by atoms with Crippen molar-refractivity contribution in [2.75, 3.05) is 7.11 Å². The van der Waals surface area contributed by atoms with Crippen molar-refractivity contribution in [3.05, 3.63) is 35.4 Å². The maximum Gasteiger partial charge on any atom is 0.354 e. The van der Waals surface area contributed by atoms with E-state index in [1.807, 2.05) is 0 Å². The van der Waals surface area contributed by atoms with Gasteiger partial charge in [0.25, 0.3) is 0 Å². The van der Waals surface area contributed by atoms with Crippen molar-refractivity contribution >= 4 is 23.6 Å². The third-order valence-electron chi connectivity index (χ3n) is 2.86. The molecule has 0 saturated carbocycles. The Hall–Kier alpha value is -2.70. The minimum Gasteiger partial charge on any atom is -0.465 e. The first kappa shape index (κ1) is 14.7. The summed E-state index contributed by atoms with van der Waals surface area (Å²) in [6.45, 7) is 0.0105. The summed E-state index contributed by atoms with van der Waals surface area (Å²) in [7, 11) is 1.30. The predicted molar refractivity (Wildman–Crippen MR) is 72.4 cm³/mol. The summed E-state index contributed by atoms with van der Waals surface area (Å²) in [5, 5.41) is 3.65. The first-order chi connectivity index (χ1) is 10.1. The van der Waals surface area contributed by atoms with Crippen LogP contribution in [0.3, 0.4) is 0 Å². The van der Waals surface area contributed by atoms with Crippen LogP contribution >= 0.6 is 0 Å². The quantitative estimate of drug-likeness (QED) is 0.827. The van der Waals surface area contributed by atoms with Gasteiger partial charge in [-0.1, -0.05) is 12.1 Å². The summed E-state index contributed by atoms with van der Waals surface area (Å²) in [6.07, 6.45) is 0.471. The van der Waals surface area contributed by atoms with E-state index in [1.165, 1.54) is 7.11 Å². The predicted octanol–water partition coefficient (Wildman–Crippen LogP) is 0.782. The Labute approximate surface area is 120 Å². The molecule has 0 fully saturated rings. The van der Waals surface area contributed by atoms with Gasteiger partial charge < -0.3 is 9.47 Å². The summed E-state index contributed by atoms with van der Waals surface area (Å²) >= 11 is 0. The van der Waals surface area contributed by atoms with Gasteiger partial charge in [0.15, 0.2) is 0 Å². The molecule has 0 aromatic heterocycles. The maximum absolute atomic E-state index is 11.8. The number of carbonyl (C=O) groups excluding carboxylic acids is 3. The van der Waals surface area contributed by atoms with Gasteiger partial charge in [-0.25, -0.2) is 15.0 Å². The second-order valence-corrected chi connectivity index (χ2v) is 4.36. The third kappa shape index (κ3) is 3.88. The average molecular weight is 290 g/mol. The van der Waals surface area contributed by atoms with Crippen molar-refractivity contribution in [2.45, 2.75) is 19.4 Å². The molecule has 21 heavy (non-hydrogen) atoms. The summed E-state index contributed by atoms with van der Waals surface area (Å²) in [5.74, 6) is -1.27. The smallest absolute Gasteiger partial charge is 0.354 e. The highest BCUT2D eigenvalue weighted by Crippen LogP contribution is 2.09. The largest absolute Gasteiger partial charge is 0.465 e. The van der Waals surface area contributed by atoms with E-state index in [2.05, 4.69) is 15.3 Å². The highest BCUT2D eigenvalue weighted by atomic mass is 16.5. The van der Waals surface area contributed by atoms with E-state index in [-0.39, 0.29) is 31.1 Å². The summed E-state index contributed by atoms with van der Waals surface area (Å²) in [6, 6.07) is 6.60. The van der Waals surface area contributed by atoms with E-state index in [4.69, 9.17) is 4.74 Å². The Morgan fingerprint density at radius 2 is 2.10 bits per heavy atom. The van der Waals surface area contributed by atoms with Crippen LogP contribution in [0.1, 0.15) is 28.8 Å². The van der Waals surface area contributed by atoms with E-state index in [9.17, 15) is 14.4 Å². The zero-order valence-corrected chi connectivity index (χ0v) is 11.4. The molecule has 1 amide bonds. The minimum absolute atomic E-state index is 0.0105. The SMILES string of the molecule is COC(=O)c1cccc(COC(=O)C2=NNC(=O)CC2)c1. The molecule has 7 nitrogen and oxygen atoms in total. The summed E-state index contributed by atoms with van der Waals surface area (Å²) < 4.78 is 9.71. The lowest BCUT2D eigenvalue weighted by atomic mass is 10.1. The van der Waals surface area contributed by atoms with Gasteiger partial charge in [-0.3, -0.25) is 4.79 Å². The lowest BCUT2D eigenvalue weighted by molar-refractivity contribution is -0.137. The normalized spacial score (nSPS) is 14.0. The third-order valence-corrected chi connectivity index (χ3v) is 2.86. The molecule has 1 aliphatic heterocycles. The molecule has 1 aromatic rings. The molecule has 1 aromatic carbocycles. The lowest BCUT2D eigenvalue weighted by Crippen LogP contribution is -2.30. The fraction of sp³-hybridized carbons (Fsp3) is 0.286. The van der Waals surface area contributed by atoms with E-state index in [0.29, 0.717) is 11.1 Å². The van der Waals surface area contributed by atoms with Gasteiger partial charge in [0, 0.05) is 12.8 Å². The first-order valence-corrected chi connectivity index (χ1v) is 6.30. The molecule has 1 N–H and O–H groups in total. The van der Waals surface area contributed by atoms with Gasteiger partial charge in [0.1, 0.15) is 12.3 Å². The molecule has 0 unspecified atom stereocenters. The van der Waals surface area contributed by atoms with Crippen LogP contribution in [0.4, 0.5) is 0 Å². The van der Waals surface area contributed by atoms with Gasteiger partial charge in [-0.05, 0) is 17.7 Å². The number of nitrogens with zero attached hydrogens (tertiary/aromatic N) is 1. The average Bonchev–Trinajstić information content (AvgIpc) is 2.52. The summed E-state index contributed by atoms with van der Waals surface area (Å²) in [5.41, 5.74) is 3.45. The van der Waals surface area contributed by atoms with Crippen molar-refractivity contribution in [3.8, 4) is 0 Å². The summed E-state index contributed by atoms with van der Waals surface area (Å²) in [4.78, 5) is 34.1. The van der Waals surface area contributed by atoms with Crippen LogP contribution in [0.15, 0.2) is 29.4 Å². The monoisotopic (exact) mass is 290 g/mol.